The van der Waals surface area contributed by atoms with E-state index in [0.717, 1.165) is 0 Å². The smallest absolute Gasteiger partial charge is 0.0133 e. The van der Waals surface area contributed by atoms with Crippen LogP contribution in [0.15, 0.2) is 0 Å². The van der Waals surface area contributed by atoms with E-state index in [4.69, 9.17) is 0 Å². The minimum absolute atomic E-state index is 1.22. The van der Waals surface area contributed by atoms with Gasteiger partial charge in [0.1, 0.15) is 0 Å². The molecule has 0 radical (unpaired) electrons. The zero-order chi connectivity index (χ0) is 13.6. The predicted octanol–water partition coefficient (Wildman–Crippen LogP) is 4.71. The van der Waals surface area contributed by atoms with Gasteiger partial charge < -0.3 is 0 Å². The van der Waals surface area contributed by atoms with Crippen molar-refractivity contribution in [2.24, 2.45) is 0 Å². The van der Waals surface area contributed by atoms with Gasteiger partial charge >= 0.3 is 0 Å². The van der Waals surface area contributed by atoms with Crippen LogP contribution in [0.5, 0.6) is 0 Å². The molecule has 2 nitrogen and oxygen atoms in total. The molecule has 110 valence electrons. The Bertz CT molecular complexity index is 157. The van der Waals surface area contributed by atoms with Crippen molar-refractivity contribution in [3.63, 3.8) is 0 Å². The van der Waals surface area contributed by atoms with Crippen LogP contribution in [0.3, 0.4) is 0 Å². The van der Waals surface area contributed by atoms with Gasteiger partial charge in [0, 0.05) is 27.2 Å². The fraction of sp³-hybridized carbons (Fsp3) is 1.00. The van der Waals surface area contributed by atoms with E-state index < -0.39 is 0 Å². The van der Waals surface area contributed by atoms with Gasteiger partial charge in [-0.3, -0.25) is 0 Å². The summed E-state index contributed by atoms with van der Waals surface area (Å²) in [7, 11) is 4.33. The summed E-state index contributed by atoms with van der Waals surface area (Å²) in [6.07, 6.45) is 13.9. The predicted molar refractivity (Wildman–Crippen MR) is 82.8 cm³/mol. The number of hydrazine groups is 1. The van der Waals surface area contributed by atoms with Gasteiger partial charge in [-0.05, 0) is 12.8 Å². The maximum Gasteiger partial charge on any atom is 0.0133 e. The number of rotatable bonds is 13. The third-order valence-corrected chi connectivity index (χ3v) is 3.61. The SMILES string of the molecule is CCCCCCCCCCN(CCCC)N(C)C. The normalized spacial score (nSPS) is 11.7. The standard InChI is InChI=1S/C16H36N2/c1-5-7-9-10-11-12-13-14-16-18(17(3)4)15-8-6-2/h5-16H2,1-4H3. The second kappa shape index (κ2) is 13.4. The molecule has 0 atom stereocenters. The summed E-state index contributed by atoms with van der Waals surface area (Å²) in [6.45, 7) is 7.01. The van der Waals surface area contributed by atoms with E-state index in [1.54, 1.807) is 0 Å². The maximum atomic E-state index is 2.49. The van der Waals surface area contributed by atoms with Crippen LogP contribution in [-0.2, 0) is 0 Å². The Labute approximate surface area is 116 Å². The Morgan fingerprint density at radius 3 is 1.50 bits per heavy atom. The molecule has 0 saturated heterocycles. The van der Waals surface area contributed by atoms with Gasteiger partial charge in [0.2, 0.25) is 0 Å². The van der Waals surface area contributed by atoms with E-state index in [9.17, 15) is 0 Å². The largest absolute Gasteiger partial charge is 0.248 e. The molecule has 0 aliphatic rings. The minimum Gasteiger partial charge on any atom is -0.248 e. The van der Waals surface area contributed by atoms with Crippen LogP contribution in [0, 0.1) is 0 Å². The third-order valence-electron chi connectivity index (χ3n) is 3.61. The summed E-state index contributed by atoms with van der Waals surface area (Å²) < 4.78 is 0. The summed E-state index contributed by atoms with van der Waals surface area (Å²) in [5.74, 6) is 0. The Hall–Kier alpha value is -0.0800. The molecule has 0 aliphatic heterocycles. The molecule has 0 bridgehead atoms. The molecule has 0 aromatic rings. The van der Waals surface area contributed by atoms with Crippen molar-refractivity contribution >= 4 is 0 Å². The van der Waals surface area contributed by atoms with Gasteiger partial charge in [-0.2, -0.15) is 0 Å². The number of hydrogen-bond acceptors (Lipinski definition) is 2. The van der Waals surface area contributed by atoms with Crippen molar-refractivity contribution in [3.05, 3.63) is 0 Å². The van der Waals surface area contributed by atoms with Gasteiger partial charge in [-0.25, -0.2) is 10.0 Å². The lowest BCUT2D eigenvalue weighted by Crippen LogP contribution is -2.38. The van der Waals surface area contributed by atoms with Crippen LogP contribution < -0.4 is 0 Å². The van der Waals surface area contributed by atoms with Gasteiger partial charge in [-0.1, -0.05) is 65.2 Å². The van der Waals surface area contributed by atoms with E-state index in [0.29, 0.717) is 0 Å². The van der Waals surface area contributed by atoms with Gasteiger partial charge in [-0.15, -0.1) is 0 Å². The molecule has 0 aromatic heterocycles. The second-order valence-electron chi connectivity index (χ2n) is 5.63. The summed E-state index contributed by atoms with van der Waals surface area (Å²) in [6, 6.07) is 0. The Morgan fingerprint density at radius 2 is 1.00 bits per heavy atom. The molecule has 0 spiro atoms. The van der Waals surface area contributed by atoms with Crippen molar-refractivity contribution in [1.82, 2.24) is 10.0 Å². The van der Waals surface area contributed by atoms with Crippen LogP contribution >= 0.6 is 0 Å². The Kier molecular flexibility index (Phi) is 13.3. The highest BCUT2D eigenvalue weighted by Gasteiger charge is 2.05. The summed E-state index contributed by atoms with van der Waals surface area (Å²) in [5.41, 5.74) is 0. The van der Waals surface area contributed by atoms with Crippen molar-refractivity contribution in [3.8, 4) is 0 Å². The topological polar surface area (TPSA) is 6.48 Å². The first-order valence-electron chi connectivity index (χ1n) is 8.14. The monoisotopic (exact) mass is 256 g/mol. The Balaban J connectivity index is 3.37. The molecular formula is C16H36N2. The zero-order valence-electron chi connectivity index (χ0n) is 13.4. The van der Waals surface area contributed by atoms with Crippen molar-refractivity contribution in [2.45, 2.75) is 78.1 Å². The lowest BCUT2D eigenvalue weighted by atomic mass is 10.1. The molecule has 0 unspecified atom stereocenters. The molecule has 0 N–H and O–H groups in total. The average Bonchev–Trinajstić information content (AvgIpc) is 2.35. The first kappa shape index (κ1) is 17.9. The van der Waals surface area contributed by atoms with E-state index in [1.807, 2.05) is 0 Å². The van der Waals surface area contributed by atoms with E-state index in [-0.39, 0.29) is 0 Å². The van der Waals surface area contributed by atoms with Crippen molar-refractivity contribution < 1.29 is 0 Å². The molecule has 18 heavy (non-hydrogen) atoms. The van der Waals surface area contributed by atoms with Gasteiger partial charge in [0.25, 0.3) is 0 Å². The fourth-order valence-electron chi connectivity index (χ4n) is 2.28. The zero-order valence-corrected chi connectivity index (χ0v) is 13.4. The van der Waals surface area contributed by atoms with E-state index in [2.05, 4.69) is 38.0 Å². The van der Waals surface area contributed by atoms with Crippen molar-refractivity contribution in [1.29, 1.82) is 0 Å². The van der Waals surface area contributed by atoms with Crippen LogP contribution in [0.25, 0.3) is 0 Å². The second-order valence-corrected chi connectivity index (χ2v) is 5.63. The summed E-state index contributed by atoms with van der Waals surface area (Å²) in [4.78, 5) is 0. The maximum absolute atomic E-state index is 2.49. The molecular weight excluding hydrogens is 220 g/mol. The lowest BCUT2D eigenvalue weighted by Gasteiger charge is -2.28. The molecule has 0 aromatic carbocycles. The highest BCUT2D eigenvalue weighted by atomic mass is 15.6. The van der Waals surface area contributed by atoms with Crippen LogP contribution in [0.1, 0.15) is 78.1 Å². The first-order valence-corrected chi connectivity index (χ1v) is 8.14. The van der Waals surface area contributed by atoms with Crippen LogP contribution in [0.4, 0.5) is 0 Å². The van der Waals surface area contributed by atoms with Gasteiger partial charge in [0.15, 0.2) is 0 Å². The quantitative estimate of drug-likeness (QED) is 0.348. The van der Waals surface area contributed by atoms with E-state index >= 15 is 0 Å². The molecule has 0 fully saturated rings. The average molecular weight is 256 g/mol. The molecule has 0 aliphatic carbocycles. The fourth-order valence-corrected chi connectivity index (χ4v) is 2.28. The van der Waals surface area contributed by atoms with E-state index in [1.165, 1.54) is 77.3 Å². The number of nitrogens with zero attached hydrogens (tertiary/aromatic N) is 2. The molecule has 0 rings (SSSR count). The highest BCUT2D eigenvalue weighted by Crippen LogP contribution is 2.09. The molecule has 0 heterocycles. The highest BCUT2D eigenvalue weighted by molar-refractivity contribution is 4.54. The minimum atomic E-state index is 1.22. The summed E-state index contributed by atoms with van der Waals surface area (Å²) >= 11 is 0. The Morgan fingerprint density at radius 1 is 0.556 bits per heavy atom. The number of hydrogen-bond donors (Lipinski definition) is 0. The van der Waals surface area contributed by atoms with Crippen LogP contribution in [0.2, 0.25) is 0 Å². The molecule has 0 saturated carbocycles. The van der Waals surface area contributed by atoms with Gasteiger partial charge in [0.05, 0.1) is 0 Å². The van der Waals surface area contributed by atoms with Crippen LogP contribution in [-0.4, -0.2) is 37.2 Å². The first-order chi connectivity index (χ1) is 8.72. The summed E-state index contributed by atoms with van der Waals surface area (Å²) in [5, 5.41) is 4.75. The molecule has 0 amide bonds. The third kappa shape index (κ3) is 11.0. The number of unbranched alkanes of at least 4 members (excludes halogenated alkanes) is 8. The lowest BCUT2D eigenvalue weighted by molar-refractivity contribution is 0.0220. The molecule has 2 heteroatoms. The van der Waals surface area contributed by atoms with Crippen molar-refractivity contribution in [2.75, 3.05) is 27.2 Å².